The van der Waals surface area contributed by atoms with Gasteiger partial charge in [0.1, 0.15) is 0 Å². The minimum absolute atomic E-state index is 0.000516. The molecule has 0 unspecified atom stereocenters. The highest BCUT2D eigenvalue weighted by Crippen LogP contribution is 2.16. The van der Waals surface area contributed by atoms with Gasteiger partial charge >= 0.3 is 0 Å². The van der Waals surface area contributed by atoms with E-state index in [-0.39, 0.29) is 18.1 Å². The molecule has 1 fully saturated rings. The first-order valence-corrected chi connectivity index (χ1v) is 9.53. The third kappa shape index (κ3) is 5.87. The number of amides is 1. The Hall–Kier alpha value is -2.25. The molecule has 146 valence electrons. The molecule has 2 aromatic rings. The Bertz CT molecular complexity index is 734. The molecule has 0 bridgehead atoms. The molecule has 1 amide bonds. The van der Waals surface area contributed by atoms with Crippen molar-refractivity contribution in [2.24, 2.45) is 0 Å². The van der Waals surface area contributed by atoms with Crippen LogP contribution in [0.4, 0.5) is 0 Å². The lowest BCUT2D eigenvalue weighted by molar-refractivity contribution is -0.121. The molecule has 2 atom stereocenters. The van der Waals surface area contributed by atoms with E-state index in [4.69, 9.17) is 9.26 Å². The molecule has 1 aliphatic heterocycles. The molecule has 1 N–H and O–H groups in total. The highest BCUT2D eigenvalue weighted by Gasteiger charge is 2.21. The Kier molecular flexibility index (Phi) is 6.58. The molecule has 7 nitrogen and oxygen atoms in total. The molecule has 27 heavy (non-hydrogen) atoms. The molecule has 0 spiro atoms. The second-order valence-corrected chi connectivity index (χ2v) is 7.24. The molecule has 1 aliphatic rings. The fourth-order valence-corrected chi connectivity index (χ4v) is 3.31. The first-order valence-electron chi connectivity index (χ1n) is 9.53. The Morgan fingerprint density at radius 2 is 1.93 bits per heavy atom. The maximum Gasteiger partial charge on any atom is 0.227 e. The van der Waals surface area contributed by atoms with Gasteiger partial charge in [-0.15, -0.1) is 0 Å². The summed E-state index contributed by atoms with van der Waals surface area (Å²) in [6.07, 6.45) is 1.26. The van der Waals surface area contributed by atoms with Gasteiger partial charge in [-0.2, -0.15) is 4.98 Å². The minimum Gasteiger partial charge on any atom is -0.373 e. The van der Waals surface area contributed by atoms with Crippen molar-refractivity contribution in [1.82, 2.24) is 20.4 Å². The molecule has 1 saturated heterocycles. The normalized spacial score (nSPS) is 20.6. The minimum atomic E-state index is -0.000516. The first kappa shape index (κ1) is 19.5. The predicted molar refractivity (Wildman–Crippen MR) is 102 cm³/mol. The maximum absolute atomic E-state index is 12.1. The van der Waals surface area contributed by atoms with Crippen LogP contribution < -0.4 is 5.32 Å². The first-order chi connectivity index (χ1) is 13.0. The Morgan fingerprint density at radius 1 is 1.22 bits per heavy atom. The zero-order valence-corrected chi connectivity index (χ0v) is 16.3. The third-order valence-corrected chi connectivity index (χ3v) is 4.59. The van der Waals surface area contributed by atoms with Crippen LogP contribution in [-0.2, 0) is 16.0 Å². The van der Waals surface area contributed by atoms with E-state index >= 15 is 0 Å². The molecule has 1 aromatic carbocycles. The van der Waals surface area contributed by atoms with E-state index in [2.05, 4.69) is 34.2 Å². The van der Waals surface area contributed by atoms with Crippen LogP contribution in [0.5, 0.6) is 0 Å². The van der Waals surface area contributed by atoms with Gasteiger partial charge in [-0.3, -0.25) is 9.69 Å². The number of hydrogen-bond acceptors (Lipinski definition) is 6. The summed E-state index contributed by atoms with van der Waals surface area (Å²) >= 11 is 0. The van der Waals surface area contributed by atoms with Crippen LogP contribution in [0.1, 0.15) is 31.7 Å². The summed E-state index contributed by atoms with van der Waals surface area (Å²) in [6.45, 7) is 9.48. The standard InChI is InChI=1S/C20H28N4O3/c1-14-4-6-17(7-5-14)20-22-19(27-23-20)9-8-18(25)21-10-11-24-12-15(2)26-16(3)13-24/h4-7,15-16H,8-13H2,1-3H3,(H,21,25)/t15-,16-/m0/s1. The Balaban J connectivity index is 1.39. The van der Waals surface area contributed by atoms with Crippen molar-refractivity contribution in [2.45, 2.75) is 45.8 Å². The zero-order valence-electron chi connectivity index (χ0n) is 16.3. The smallest absolute Gasteiger partial charge is 0.227 e. The molecule has 0 aliphatic carbocycles. The second kappa shape index (κ2) is 9.10. The van der Waals surface area contributed by atoms with Crippen LogP contribution in [0.2, 0.25) is 0 Å². The largest absolute Gasteiger partial charge is 0.373 e. The van der Waals surface area contributed by atoms with Gasteiger partial charge in [0, 0.05) is 44.6 Å². The molecule has 2 heterocycles. The van der Waals surface area contributed by atoms with E-state index in [1.807, 2.05) is 31.2 Å². The Labute approximate surface area is 160 Å². The number of aromatic nitrogens is 2. The van der Waals surface area contributed by atoms with Crippen LogP contribution >= 0.6 is 0 Å². The lowest BCUT2D eigenvalue weighted by Crippen LogP contribution is -2.47. The molecular weight excluding hydrogens is 344 g/mol. The van der Waals surface area contributed by atoms with Crippen molar-refractivity contribution < 1.29 is 14.1 Å². The van der Waals surface area contributed by atoms with Gasteiger partial charge in [0.2, 0.25) is 17.6 Å². The van der Waals surface area contributed by atoms with Gasteiger partial charge in [-0.1, -0.05) is 35.0 Å². The monoisotopic (exact) mass is 372 g/mol. The number of nitrogens with one attached hydrogen (secondary N) is 1. The number of carbonyl (C=O) groups excluding carboxylic acids is 1. The summed E-state index contributed by atoms with van der Waals surface area (Å²) in [7, 11) is 0. The number of ether oxygens (including phenoxy) is 1. The van der Waals surface area contributed by atoms with Gasteiger partial charge in [0.15, 0.2) is 0 Å². The quantitative estimate of drug-likeness (QED) is 0.803. The summed E-state index contributed by atoms with van der Waals surface area (Å²) in [5.74, 6) is 1.04. The summed E-state index contributed by atoms with van der Waals surface area (Å²) in [5.41, 5.74) is 2.09. The zero-order chi connectivity index (χ0) is 19.2. The summed E-state index contributed by atoms with van der Waals surface area (Å²) in [5, 5.41) is 6.96. The van der Waals surface area contributed by atoms with Gasteiger partial charge in [-0.25, -0.2) is 0 Å². The average molecular weight is 372 g/mol. The molecule has 7 heteroatoms. The van der Waals surface area contributed by atoms with Crippen molar-refractivity contribution in [3.63, 3.8) is 0 Å². The van der Waals surface area contributed by atoms with Crippen molar-refractivity contribution in [3.05, 3.63) is 35.7 Å². The number of nitrogens with zero attached hydrogens (tertiary/aromatic N) is 3. The predicted octanol–water partition coefficient (Wildman–Crippen LogP) is 2.20. The van der Waals surface area contributed by atoms with E-state index in [1.165, 1.54) is 5.56 Å². The average Bonchev–Trinajstić information content (AvgIpc) is 3.09. The summed E-state index contributed by atoms with van der Waals surface area (Å²) in [6, 6.07) is 7.94. The topological polar surface area (TPSA) is 80.5 Å². The number of benzene rings is 1. The number of aryl methyl sites for hydroxylation is 2. The van der Waals surface area contributed by atoms with Gasteiger partial charge < -0.3 is 14.6 Å². The molecular formula is C20H28N4O3. The van der Waals surface area contributed by atoms with Crippen LogP contribution in [0, 0.1) is 6.92 Å². The van der Waals surface area contributed by atoms with Gasteiger partial charge in [-0.05, 0) is 20.8 Å². The van der Waals surface area contributed by atoms with Crippen LogP contribution in [0.25, 0.3) is 11.4 Å². The maximum atomic E-state index is 12.1. The molecule has 0 saturated carbocycles. The van der Waals surface area contributed by atoms with Crippen molar-refractivity contribution in [2.75, 3.05) is 26.2 Å². The Morgan fingerprint density at radius 3 is 2.63 bits per heavy atom. The SMILES string of the molecule is Cc1ccc(-c2noc(CCC(=O)NCCN3C[C@H](C)O[C@@H](C)C3)n2)cc1. The fraction of sp³-hybridized carbons (Fsp3) is 0.550. The van der Waals surface area contributed by atoms with Crippen LogP contribution in [0.15, 0.2) is 28.8 Å². The number of hydrogen-bond donors (Lipinski definition) is 1. The van der Waals surface area contributed by atoms with E-state index in [0.717, 1.165) is 25.2 Å². The van der Waals surface area contributed by atoms with Crippen molar-refractivity contribution >= 4 is 5.91 Å². The molecule has 1 aromatic heterocycles. The summed E-state index contributed by atoms with van der Waals surface area (Å²) < 4.78 is 11.0. The summed E-state index contributed by atoms with van der Waals surface area (Å²) in [4.78, 5) is 18.8. The van der Waals surface area contributed by atoms with Crippen LogP contribution in [0.3, 0.4) is 0 Å². The van der Waals surface area contributed by atoms with E-state index in [9.17, 15) is 4.79 Å². The van der Waals surface area contributed by atoms with E-state index in [1.54, 1.807) is 0 Å². The second-order valence-electron chi connectivity index (χ2n) is 7.24. The van der Waals surface area contributed by atoms with Gasteiger partial charge in [0.25, 0.3) is 0 Å². The van der Waals surface area contributed by atoms with E-state index in [0.29, 0.717) is 31.1 Å². The molecule has 3 rings (SSSR count). The van der Waals surface area contributed by atoms with Crippen LogP contribution in [-0.4, -0.2) is 59.3 Å². The highest BCUT2D eigenvalue weighted by atomic mass is 16.5. The van der Waals surface area contributed by atoms with Gasteiger partial charge in [0.05, 0.1) is 12.2 Å². The van der Waals surface area contributed by atoms with Crippen molar-refractivity contribution in [3.8, 4) is 11.4 Å². The lowest BCUT2D eigenvalue weighted by Gasteiger charge is -2.35. The number of carbonyl (C=O) groups is 1. The van der Waals surface area contributed by atoms with Crippen molar-refractivity contribution in [1.29, 1.82) is 0 Å². The highest BCUT2D eigenvalue weighted by molar-refractivity contribution is 5.76. The lowest BCUT2D eigenvalue weighted by atomic mass is 10.1. The molecule has 0 radical (unpaired) electrons. The number of rotatable bonds is 7. The fourth-order valence-electron chi connectivity index (χ4n) is 3.31. The number of morpholine rings is 1. The third-order valence-electron chi connectivity index (χ3n) is 4.59. The van der Waals surface area contributed by atoms with E-state index < -0.39 is 0 Å².